The molecule has 88 valence electrons. The largest absolute Gasteiger partial charge is 0.476 e. The molecule has 0 radical (unpaired) electrons. The van der Waals surface area contributed by atoms with Crippen LogP contribution in [0.4, 0.5) is 5.00 Å². The van der Waals surface area contributed by atoms with E-state index < -0.39 is 5.97 Å². The number of rotatable bonds is 5. The molecule has 0 saturated heterocycles. The fourth-order valence-corrected chi connectivity index (χ4v) is 2.09. The second kappa shape index (κ2) is 5.40. The van der Waals surface area contributed by atoms with Crippen LogP contribution >= 0.6 is 11.3 Å². The highest BCUT2D eigenvalue weighted by atomic mass is 32.1. The van der Waals surface area contributed by atoms with Gasteiger partial charge in [-0.1, -0.05) is 0 Å². The molecule has 6 heteroatoms. The second-order valence-corrected chi connectivity index (χ2v) is 4.22. The molecule has 17 heavy (non-hydrogen) atoms. The van der Waals surface area contributed by atoms with Crippen LogP contribution in [0, 0.1) is 0 Å². The third-order valence-corrected chi connectivity index (χ3v) is 3.00. The van der Waals surface area contributed by atoms with Crippen LogP contribution in [0.3, 0.4) is 0 Å². The van der Waals surface area contributed by atoms with Crippen molar-refractivity contribution in [3.8, 4) is 0 Å². The van der Waals surface area contributed by atoms with Crippen molar-refractivity contribution >= 4 is 22.3 Å². The maximum atomic E-state index is 10.8. The number of hydrogen-bond acceptors (Lipinski definition) is 5. The number of thiazole rings is 1. The lowest BCUT2D eigenvalue weighted by molar-refractivity contribution is 0.0692. The molecule has 2 aromatic heterocycles. The Balaban J connectivity index is 1.90. The number of hydrogen-bond donors (Lipinski definition) is 2. The van der Waals surface area contributed by atoms with Gasteiger partial charge in [0, 0.05) is 18.9 Å². The summed E-state index contributed by atoms with van der Waals surface area (Å²) in [5.41, 5.74) is 2.77. The van der Waals surface area contributed by atoms with Gasteiger partial charge < -0.3 is 10.4 Å². The molecule has 0 atom stereocenters. The van der Waals surface area contributed by atoms with E-state index in [1.54, 1.807) is 12.4 Å². The number of carboxylic acids is 1. The molecule has 2 rings (SSSR count). The number of carboxylic acid groups (broad SMARTS) is 1. The highest BCUT2D eigenvalue weighted by molar-refractivity contribution is 7.14. The predicted molar refractivity (Wildman–Crippen MR) is 65.5 cm³/mol. The van der Waals surface area contributed by atoms with Crippen LogP contribution < -0.4 is 5.32 Å². The Morgan fingerprint density at radius 3 is 2.88 bits per heavy atom. The fourth-order valence-electron chi connectivity index (χ4n) is 1.39. The minimum Gasteiger partial charge on any atom is -0.476 e. The van der Waals surface area contributed by atoms with Gasteiger partial charge >= 0.3 is 5.97 Å². The summed E-state index contributed by atoms with van der Waals surface area (Å²) in [4.78, 5) is 18.5. The first kappa shape index (κ1) is 11.5. The van der Waals surface area contributed by atoms with E-state index in [0.717, 1.165) is 12.0 Å². The van der Waals surface area contributed by atoms with E-state index in [4.69, 9.17) is 5.11 Å². The van der Waals surface area contributed by atoms with E-state index in [-0.39, 0.29) is 5.69 Å². The van der Waals surface area contributed by atoms with Crippen molar-refractivity contribution in [1.29, 1.82) is 0 Å². The van der Waals surface area contributed by atoms with Crippen LogP contribution in [0.5, 0.6) is 0 Å². The molecular weight excluding hydrogens is 238 g/mol. The highest BCUT2D eigenvalue weighted by Crippen LogP contribution is 2.19. The Morgan fingerprint density at radius 1 is 1.41 bits per heavy atom. The van der Waals surface area contributed by atoms with Crippen molar-refractivity contribution in [1.82, 2.24) is 9.97 Å². The molecule has 0 unspecified atom stereocenters. The van der Waals surface area contributed by atoms with Crippen LogP contribution in [-0.4, -0.2) is 27.6 Å². The van der Waals surface area contributed by atoms with Gasteiger partial charge in [-0.05, 0) is 24.1 Å². The van der Waals surface area contributed by atoms with Crippen molar-refractivity contribution < 1.29 is 9.90 Å². The number of nitrogens with zero attached hydrogens (tertiary/aromatic N) is 2. The van der Waals surface area contributed by atoms with E-state index in [2.05, 4.69) is 15.3 Å². The normalized spacial score (nSPS) is 10.1. The molecule has 0 aliphatic heterocycles. The first-order valence-electron chi connectivity index (χ1n) is 5.07. The molecule has 2 N–H and O–H groups in total. The van der Waals surface area contributed by atoms with Gasteiger partial charge in [-0.3, -0.25) is 4.98 Å². The van der Waals surface area contributed by atoms with Gasteiger partial charge in [-0.15, -0.1) is 11.3 Å². The zero-order valence-electron chi connectivity index (χ0n) is 8.96. The smallest absolute Gasteiger partial charge is 0.357 e. The summed E-state index contributed by atoms with van der Waals surface area (Å²) in [5.74, 6) is -1.00. The van der Waals surface area contributed by atoms with Crippen molar-refractivity contribution in [3.05, 3.63) is 41.3 Å². The van der Waals surface area contributed by atoms with E-state index in [1.165, 1.54) is 16.8 Å². The minimum atomic E-state index is -1.00. The second-order valence-electron chi connectivity index (χ2n) is 3.37. The van der Waals surface area contributed by atoms with E-state index in [9.17, 15) is 4.79 Å². The van der Waals surface area contributed by atoms with E-state index in [1.807, 2.05) is 12.1 Å². The van der Waals surface area contributed by atoms with Gasteiger partial charge in [-0.25, -0.2) is 9.78 Å². The predicted octanol–water partition coefficient (Wildman–Crippen LogP) is 1.89. The van der Waals surface area contributed by atoms with Gasteiger partial charge in [-0.2, -0.15) is 0 Å². The quantitative estimate of drug-likeness (QED) is 0.846. The maximum Gasteiger partial charge on any atom is 0.357 e. The zero-order chi connectivity index (χ0) is 12.1. The summed E-state index contributed by atoms with van der Waals surface area (Å²) in [6.45, 7) is 0.673. The van der Waals surface area contributed by atoms with Crippen LogP contribution in [0.25, 0.3) is 0 Å². The first-order chi connectivity index (χ1) is 8.27. The molecule has 0 saturated carbocycles. The summed E-state index contributed by atoms with van der Waals surface area (Å²) < 4.78 is 0. The number of aromatic nitrogens is 2. The molecule has 2 heterocycles. The average Bonchev–Trinajstić information content (AvgIpc) is 2.79. The Bertz CT molecular complexity index is 498. The Hall–Kier alpha value is -1.95. The van der Waals surface area contributed by atoms with E-state index in [0.29, 0.717) is 11.5 Å². The molecule has 0 aromatic carbocycles. The van der Waals surface area contributed by atoms with Crippen molar-refractivity contribution in [2.45, 2.75) is 6.42 Å². The SMILES string of the molecule is O=C(O)c1ncsc1NCCc1ccncc1. The number of nitrogens with one attached hydrogen (secondary N) is 1. The number of pyridine rings is 1. The zero-order valence-corrected chi connectivity index (χ0v) is 9.78. The summed E-state index contributed by atoms with van der Waals surface area (Å²) in [6.07, 6.45) is 4.30. The molecule has 0 aliphatic carbocycles. The van der Waals surface area contributed by atoms with Crippen LogP contribution in [0.2, 0.25) is 0 Å². The topological polar surface area (TPSA) is 75.1 Å². The Morgan fingerprint density at radius 2 is 2.18 bits per heavy atom. The third kappa shape index (κ3) is 3.01. The number of carbonyl (C=O) groups is 1. The summed E-state index contributed by atoms with van der Waals surface area (Å²) in [6, 6.07) is 3.87. The van der Waals surface area contributed by atoms with Gasteiger partial charge in [0.2, 0.25) is 0 Å². The van der Waals surface area contributed by atoms with Gasteiger partial charge in [0.1, 0.15) is 5.00 Å². The summed E-state index contributed by atoms with van der Waals surface area (Å²) in [5, 5.41) is 12.5. The summed E-state index contributed by atoms with van der Waals surface area (Å²) >= 11 is 1.30. The lowest BCUT2D eigenvalue weighted by Crippen LogP contribution is -2.08. The van der Waals surface area contributed by atoms with Gasteiger partial charge in [0.05, 0.1) is 5.51 Å². The van der Waals surface area contributed by atoms with Gasteiger partial charge in [0.15, 0.2) is 5.69 Å². The van der Waals surface area contributed by atoms with Crippen molar-refractivity contribution in [2.75, 3.05) is 11.9 Å². The van der Waals surface area contributed by atoms with E-state index >= 15 is 0 Å². The first-order valence-corrected chi connectivity index (χ1v) is 5.95. The molecule has 0 aliphatic rings. The lowest BCUT2D eigenvalue weighted by atomic mass is 10.2. The highest BCUT2D eigenvalue weighted by Gasteiger charge is 2.12. The molecule has 0 bridgehead atoms. The Kier molecular flexibility index (Phi) is 3.66. The van der Waals surface area contributed by atoms with Crippen LogP contribution in [-0.2, 0) is 6.42 Å². The molecule has 0 amide bonds. The monoisotopic (exact) mass is 249 g/mol. The molecule has 2 aromatic rings. The third-order valence-electron chi connectivity index (χ3n) is 2.22. The van der Waals surface area contributed by atoms with Gasteiger partial charge in [0.25, 0.3) is 0 Å². The number of anilines is 1. The van der Waals surface area contributed by atoms with Crippen LogP contribution in [0.15, 0.2) is 30.0 Å². The van der Waals surface area contributed by atoms with Crippen molar-refractivity contribution in [2.24, 2.45) is 0 Å². The standard InChI is InChI=1S/C11H11N3O2S/c15-11(16)9-10(17-7-14-9)13-6-3-8-1-4-12-5-2-8/h1-2,4-5,7,13H,3,6H2,(H,15,16). The van der Waals surface area contributed by atoms with Crippen molar-refractivity contribution in [3.63, 3.8) is 0 Å². The molecule has 0 spiro atoms. The molecule has 5 nitrogen and oxygen atoms in total. The molecular formula is C11H11N3O2S. The maximum absolute atomic E-state index is 10.8. The van der Waals surface area contributed by atoms with Crippen LogP contribution in [0.1, 0.15) is 16.1 Å². The molecule has 0 fully saturated rings. The number of aromatic carboxylic acids is 1. The lowest BCUT2D eigenvalue weighted by Gasteiger charge is -2.04. The fraction of sp³-hybridized carbons (Fsp3) is 0.182. The Labute approximate surface area is 102 Å². The average molecular weight is 249 g/mol. The summed E-state index contributed by atoms with van der Waals surface area (Å²) in [7, 11) is 0. The minimum absolute atomic E-state index is 0.0877.